The zero-order valence-electron chi connectivity index (χ0n) is 13.1. The van der Waals surface area contributed by atoms with E-state index in [0.29, 0.717) is 12.1 Å². The first-order chi connectivity index (χ1) is 11.3. The van der Waals surface area contributed by atoms with Crippen molar-refractivity contribution in [2.45, 2.75) is 18.6 Å². The minimum atomic E-state index is -3.14. The summed E-state index contributed by atoms with van der Waals surface area (Å²) in [5.74, 6) is -0.856. The van der Waals surface area contributed by atoms with Gasteiger partial charge in [0.15, 0.2) is 9.84 Å². The number of nitrogens with zero attached hydrogens (tertiary/aromatic N) is 1. The van der Waals surface area contributed by atoms with Crippen LogP contribution < -0.4 is 5.32 Å². The number of sulfone groups is 1. The summed E-state index contributed by atoms with van der Waals surface area (Å²) in [5.41, 5.74) is 0.420. The lowest BCUT2D eigenvalue weighted by Gasteiger charge is -2.28. The van der Waals surface area contributed by atoms with Crippen molar-refractivity contribution in [2.24, 2.45) is 0 Å². The van der Waals surface area contributed by atoms with E-state index in [1.165, 1.54) is 24.3 Å². The van der Waals surface area contributed by atoms with Crippen LogP contribution in [0.2, 0.25) is 0 Å². The number of rotatable bonds is 7. The van der Waals surface area contributed by atoms with Gasteiger partial charge in [-0.3, -0.25) is 9.69 Å². The molecule has 134 valence electrons. The fourth-order valence-electron chi connectivity index (χ4n) is 2.65. The van der Waals surface area contributed by atoms with Crippen LogP contribution in [0.15, 0.2) is 24.3 Å². The number of carbonyl (C=O) groups is 1. The molecule has 24 heavy (non-hydrogen) atoms. The number of hydrogen-bond donors (Lipinski definition) is 3. The summed E-state index contributed by atoms with van der Waals surface area (Å²) in [6.07, 6.45) is -0.684. The van der Waals surface area contributed by atoms with Crippen molar-refractivity contribution in [1.29, 1.82) is 0 Å². The molecule has 1 aromatic carbocycles. The van der Waals surface area contributed by atoms with Crippen molar-refractivity contribution < 1.29 is 27.8 Å². The van der Waals surface area contributed by atoms with Gasteiger partial charge in [-0.2, -0.15) is 0 Å². The zero-order chi connectivity index (χ0) is 17.7. The molecule has 1 fully saturated rings. The monoisotopic (exact) mass is 360 g/mol. The highest BCUT2D eigenvalue weighted by Gasteiger charge is 2.33. The third-order valence-corrected chi connectivity index (χ3v) is 5.61. The maximum absolute atomic E-state index is 12.9. The molecule has 1 saturated heterocycles. The van der Waals surface area contributed by atoms with Gasteiger partial charge in [0.25, 0.3) is 0 Å². The molecule has 2 rings (SSSR count). The molecule has 7 nitrogen and oxygen atoms in total. The Morgan fingerprint density at radius 3 is 2.58 bits per heavy atom. The summed E-state index contributed by atoms with van der Waals surface area (Å²) in [7, 11) is -3.14. The molecule has 2 unspecified atom stereocenters. The van der Waals surface area contributed by atoms with Gasteiger partial charge in [0, 0.05) is 18.3 Å². The number of anilines is 1. The van der Waals surface area contributed by atoms with Gasteiger partial charge in [0.05, 0.1) is 30.8 Å². The Bertz CT molecular complexity index is 665. The maximum Gasteiger partial charge on any atom is 0.238 e. The Labute approximate surface area is 140 Å². The number of amides is 1. The van der Waals surface area contributed by atoms with Gasteiger partial charge in [0.1, 0.15) is 5.82 Å². The van der Waals surface area contributed by atoms with Gasteiger partial charge in [-0.05, 0) is 30.7 Å². The molecule has 0 bridgehead atoms. The number of hydrogen-bond acceptors (Lipinski definition) is 6. The minimum absolute atomic E-state index is 0.00642. The number of nitrogens with one attached hydrogen (secondary N) is 1. The first-order valence-electron chi connectivity index (χ1n) is 7.58. The van der Waals surface area contributed by atoms with E-state index in [4.69, 9.17) is 5.11 Å². The first-order valence-corrected chi connectivity index (χ1v) is 9.40. The molecular formula is C15H21FN2O5S. The Morgan fingerprint density at radius 2 is 2.04 bits per heavy atom. The highest BCUT2D eigenvalue weighted by atomic mass is 32.2. The van der Waals surface area contributed by atoms with E-state index in [9.17, 15) is 22.7 Å². The van der Waals surface area contributed by atoms with Crippen LogP contribution in [-0.2, 0) is 14.6 Å². The van der Waals surface area contributed by atoms with Gasteiger partial charge in [-0.1, -0.05) is 0 Å². The molecule has 0 aliphatic carbocycles. The number of aliphatic hydroxyl groups is 2. The van der Waals surface area contributed by atoms with Crippen molar-refractivity contribution >= 4 is 21.4 Å². The van der Waals surface area contributed by atoms with E-state index in [0.717, 1.165) is 0 Å². The quantitative estimate of drug-likeness (QED) is 0.611. The van der Waals surface area contributed by atoms with Gasteiger partial charge < -0.3 is 15.5 Å². The second-order valence-electron chi connectivity index (χ2n) is 5.88. The third-order valence-electron chi connectivity index (χ3n) is 3.86. The lowest BCUT2D eigenvalue weighted by atomic mass is 10.2. The highest BCUT2D eigenvalue weighted by Crippen LogP contribution is 2.18. The van der Waals surface area contributed by atoms with Crippen molar-refractivity contribution in [3.8, 4) is 0 Å². The molecule has 3 N–H and O–H groups in total. The molecule has 1 aromatic rings. The fraction of sp³-hybridized carbons (Fsp3) is 0.533. The van der Waals surface area contributed by atoms with E-state index in [-0.39, 0.29) is 30.6 Å². The van der Waals surface area contributed by atoms with Crippen LogP contribution in [0.3, 0.4) is 0 Å². The van der Waals surface area contributed by atoms with E-state index >= 15 is 0 Å². The lowest BCUT2D eigenvalue weighted by Crippen LogP contribution is -2.46. The molecule has 0 aromatic heterocycles. The predicted octanol–water partition coefficient (Wildman–Crippen LogP) is -0.393. The second kappa shape index (κ2) is 8.02. The third kappa shape index (κ3) is 5.52. The molecule has 1 aliphatic heterocycles. The number of benzene rings is 1. The van der Waals surface area contributed by atoms with Gasteiger partial charge in [0.2, 0.25) is 5.91 Å². The predicted molar refractivity (Wildman–Crippen MR) is 86.8 cm³/mol. The fourth-order valence-corrected chi connectivity index (χ4v) is 4.41. The molecule has 1 aliphatic rings. The van der Waals surface area contributed by atoms with Crippen LogP contribution in [-0.4, -0.2) is 72.8 Å². The van der Waals surface area contributed by atoms with Gasteiger partial charge in [-0.15, -0.1) is 0 Å². The highest BCUT2D eigenvalue weighted by molar-refractivity contribution is 7.91. The van der Waals surface area contributed by atoms with Crippen LogP contribution in [0, 0.1) is 5.82 Å². The summed E-state index contributed by atoms with van der Waals surface area (Å²) in [4.78, 5) is 13.7. The lowest BCUT2D eigenvalue weighted by molar-refractivity contribution is -0.118. The topological polar surface area (TPSA) is 107 Å². The summed E-state index contributed by atoms with van der Waals surface area (Å²) in [6.45, 7) is -0.613. The smallest absolute Gasteiger partial charge is 0.238 e. The SMILES string of the molecule is O=C(CN(CC(O)CO)C1CCS(=O)(=O)C1)Nc1ccc(F)cc1. The van der Waals surface area contributed by atoms with E-state index < -0.39 is 34.3 Å². The number of aliphatic hydroxyl groups excluding tert-OH is 2. The normalized spacial score (nSPS) is 20.9. The van der Waals surface area contributed by atoms with E-state index in [1.54, 1.807) is 4.90 Å². The minimum Gasteiger partial charge on any atom is -0.394 e. The Kier molecular flexibility index (Phi) is 6.27. The average molecular weight is 360 g/mol. The van der Waals surface area contributed by atoms with Crippen molar-refractivity contribution in [3.05, 3.63) is 30.1 Å². The second-order valence-corrected chi connectivity index (χ2v) is 8.11. The van der Waals surface area contributed by atoms with Crippen LogP contribution in [0.25, 0.3) is 0 Å². The Morgan fingerprint density at radius 1 is 1.38 bits per heavy atom. The first kappa shape index (κ1) is 18.8. The standard InChI is InChI=1S/C15H21FN2O5S/c16-11-1-3-12(4-2-11)17-15(21)8-18(7-14(20)9-19)13-5-6-24(22,23)10-13/h1-4,13-14,19-20H,5-10H2,(H,17,21). The number of halogens is 1. The molecule has 2 atom stereocenters. The van der Waals surface area contributed by atoms with Crippen LogP contribution in [0.1, 0.15) is 6.42 Å². The van der Waals surface area contributed by atoms with Crippen LogP contribution in [0.4, 0.5) is 10.1 Å². The van der Waals surface area contributed by atoms with E-state index in [2.05, 4.69) is 5.32 Å². The molecule has 0 radical (unpaired) electrons. The molecule has 0 spiro atoms. The van der Waals surface area contributed by atoms with Crippen LogP contribution >= 0.6 is 0 Å². The summed E-state index contributed by atoms with van der Waals surface area (Å²) in [6, 6.07) is 4.88. The molecule has 1 heterocycles. The zero-order valence-corrected chi connectivity index (χ0v) is 13.9. The van der Waals surface area contributed by atoms with Crippen LogP contribution in [0.5, 0.6) is 0 Å². The largest absolute Gasteiger partial charge is 0.394 e. The molecule has 1 amide bonds. The molecule has 0 saturated carbocycles. The van der Waals surface area contributed by atoms with E-state index in [1.807, 2.05) is 0 Å². The van der Waals surface area contributed by atoms with Crippen molar-refractivity contribution in [1.82, 2.24) is 4.90 Å². The summed E-state index contributed by atoms with van der Waals surface area (Å²) >= 11 is 0. The molecular weight excluding hydrogens is 339 g/mol. The summed E-state index contributed by atoms with van der Waals surface area (Å²) in [5, 5.41) is 21.2. The number of carbonyl (C=O) groups excluding carboxylic acids is 1. The molecule has 9 heteroatoms. The maximum atomic E-state index is 12.9. The summed E-state index contributed by atoms with van der Waals surface area (Å²) < 4.78 is 36.1. The Balaban J connectivity index is 2.01. The van der Waals surface area contributed by atoms with Crippen molar-refractivity contribution in [3.63, 3.8) is 0 Å². The Hall–Kier alpha value is -1.55. The van der Waals surface area contributed by atoms with Gasteiger partial charge in [-0.25, -0.2) is 12.8 Å². The average Bonchev–Trinajstić information content (AvgIpc) is 2.89. The van der Waals surface area contributed by atoms with Crippen molar-refractivity contribution in [2.75, 3.05) is 36.5 Å². The van der Waals surface area contributed by atoms with Gasteiger partial charge >= 0.3 is 0 Å².